The van der Waals surface area contributed by atoms with Crippen LogP contribution < -0.4 is 5.32 Å². The van der Waals surface area contributed by atoms with Crippen LogP contribution in [0.15, 0.2) is 65.5 Å². The fourth-order valence-corrected chi connectivity index (χ4v) is 2.94. The quantitative estimate of drug-likeness (QED) is 0.494. The third-order valence-electron chi connectivity index (χ3n) is 4.79. The average Bonchev–Trinajstić information content (AvgIpc) is 3.08. The SMILES string of the molecule is C1CCCCC1.C=CNCC(=C)C.CC1=C(C)N=C(c2ccc(C)cc2)C1.CCC. The number of nitrogens with one attached hydrogen (secondary N) is 1. The molecule has 0 amide bonds. The Morgan fingerprint density at radius 3 is 1.73 bits per heavy atom. The lowest BCUT2D eigenvalue weighted by Gasteiger charge is -2.05. The highest BCUT2D eigenvalue weighted by Gasteiger charge is 2.12. The van der Waals surface area contributed by atoms with Gasteiger partial charge in [-0.25, -0.2) is 0 Å². The topological polar surface area (TPSA) is 24.4 Å². The molecule has 1 aromatic rings. The maximum absolute atomic E-state index is 4.57. The Hall–Kier alpha value is -2.09. The van der Waals surface area contributed by atoms with Gasteiger partial charge in [0.25, 0.3) is 0 Å². The molecular weight excluding hydrogens is 364 g/mol. The second kappa shape index (κ2) is 17.7. The first kappa shape index (κ1) is 27.9. The highest BCUT2D eigenvalue weighted by molar-refractivity contribution is 6.04. The van der Waals surface area contributed by atoms with Gasteiger partial charge in [-0.05, 0) is 45.0 Å². The van der Waals surface area contributed by atoms with Crippen LogP contribution in [0.25, 0.3) is 0 Å². The van der Waals surface area contributed by atoms with Crippen molar-refractivity contribution in [2.45, 2.75) is 92.9 Å². The van der Waals surface area contributed by atoms with E-state index in [1.54, 1.807) is 6.20 Å². The van der Waals surface area contributed by atoms with E-state index < -0.39 is 0 Å². The molecule has 0 aromatic heterocycles. The monoisotopic (exact) mass is 410 g/mol. The van der Waals surface area contributed by atoms with Gasteiger partial charge >= 0.3 is 0 Å². The summed E-state index contributed by atoms with van der Waals surface area (Å²) < 4.78 is 0. The van der Waals surface area contributed by atoms with Crippen molar-refractivity contribution < 1.29 is 0 Å². The predicted octanol–water partition coefficient (Wildman–Crippen LogP) is 8.53. The van der Waals surface area contributed by atoms with Crippen molar-refractivity contribution in [3.8, 4) is 0 Å². The minimum Gasteiger partial charge on any atom is -0.388 e. The second-order valence-electron chi connectivity index (χ2n) is 8.34. The largest absolute Gasteiger partial charge is 0.388 e. The fourth-order valence-electron chi connectivity index (χ4n) is 2.94. The lowest BCUT2D eigenvalue weighted by atomic mass is 10.0. The summed E-state index contributed by atoms with van der Waals surface area (Å²) >= 11 is 0. The van der Waals surface area contributed by atoms with Crippen molar-refractivity contribution in [1.29, 1.82) is 0 Å². The molecule has 0 bridgehead atoms. The van der Waals surface area contributed by atoms with Gasteiger partial charge in [-0.2, -0.15) is 0 Å². The van der Waals surface area contributed by atoms with Gasteiger partial charge in [-0.3, -0.25) is 4.99 Å². The molecule has 0 spiro atoms. The number of rotatable bonds is 4. The first-order valence-electron chi connectivity index (χ1n) is 11.6. The molecule has 168 valence electrons. The van der Waals surface area contributed by atoms with Crippen molar-refractivity contribution in [2.24, 2.45) is 4.99 Å². The van der Waals surface area contributed by atoms with Crippen molar-refractivity contribution in [2.75, 3.05) is 6.54 Å². The van der Waals surface area contributed by atoms with E-state index >= 15 is 0 Å². The molecule has 1 fully saturated rings. The smallest absolute Gasteiger partial charge is 0.0520 e. The number of benzene rings is 1. The van der Waals surface area contributed by atoms with Crippen LogP contribution in [0, 0.1) is 6.92 Å². The Morgan fingerprint density at radius 1 is 0.967 bits per heavy atom. The first-order chi connectivity index (χ1) is 14.3. The van der Waals surface area contributed by atoms with Crippen LogP contribution in [0.1, 0.15) is 97.1 Å². The van der Waals surface area contributed by atoms with E-state index in [0.717, 1.165) is 18.5 Å². The minimum absolute atomic E-state index is 0.837. The van der Waals surface area contributed by atoms with Gasteiger partial charge in [0.05, 0.1) is 5.71 Å². The average molecular weight is 411 g/mol. The van der Waals surface area contributed by atoms with Gasteiger partial charge in [-0.1, -0.05) is 107 Å². The summed E-state index contributed by atoms with van der Waals surface area (Å²) in [5.41, 5.74) is 7.46. The summed E-state index contributed by atoms with van der Waals surface area (Å²) in [6.07, 6.45) is 12.9. The van der Waals surface area contributed by atoms with E-state index in [0.29, 0.717) is 0 Å². The second-order valence-corrected chi connectivity index (χ2v) is 8.34. The normalized spacial score (nSPS) is 14.7. The summed E-state index contributed by atoms with van der Waals surface area (Å²) in [5.74, 6) is 0. The molecule has 2 nitrogen and oxygen atoms in total. The molecule has 0 saturated heterocycles. The molecule has 1 saturated carbocycles. The van der Waals surface area contributed by atoms with E-state index in [-0.39, 0.29) is 0 Å². The third-order valence-corrected chi connectivity index (χ3v) is 4.79. The van der Waals surface area contributed by atoms with Crippen molar-refractivity contribution in [3.63, 3.8) is 0 Å². The maximum Gasteiger partial charge on any atom is 0.0520 e. The van der Waals surface area contributed by atoms with Crippen LogP contribution in [-0.4, -0.2) is 12.3 Å². The molecule has 1 aliphatic carbocycles. The predicted molar refractivity (Wildman–Crippen MR) is 137 cm³/mol. The Balaban J connectivity index is 0.000000442. The molecule has 1 heterocycles. The van der Waals surface area contributed by atoms with Gasteiger partial charge in [-0.15, -0.1) is 0 Å². The van der Waals surface area contributed by atoms with E-state index in [2.05, 4.69) is 82.4 Å². The van der Waals surface area contributed by atoms with Gasteiger partial charge in [0.1, 0.15) is 0 Å². The molecule has 3 rings (SSSR count). The summed E-state index contributed by atoms with van der Waals surface area (Å²) in [7, 11) is 0. The summed E-state index contributed by atoms with van der Waals surface area (Å²) in [6.45, 7) is 20.6. The summed E-state index contributed by atoms with van der Waals surface area (Å²) in [6, 6.07) is 8.59. The van der Waals surface area contributed by atoms with Gasteiger partial charge in [0.15, 0.2) is 0 Å². The zero-order chi connectivity index (χ0) is 22.8. The number of nitrogens with zero attached hydrogens (tertiary/aromatic N) is 1. The number of hydrogen-bond donors (Lipinski definition) is 1. The van der Waals surface area contributed by atoms with Crippen molar-refractivity contribution >= 4 is 5.71 Å². The molecule has 1 N–H and O–H groups in total. The maximum atomic E-state index is 4.57. The lowest BCUT2D eigenvalue weighted by molar-refractivity contribution is 0.504. The number of aliphatic imine (C=N–C) groups is 1. The van der Waals surface area contributed by atoms with E-state index in [1.165, 1.54) is 73.1 Å². The van der Waals surface area contributed by atoms with E-state index in [4.69, 9.17) is 0 Å². The number of aryl methyl sites for hydroxylation is 1. The van der Waals surface area contributed by atoms with Gasteiger partial charge in [0, 0.05) is 18.7 Å². The molecule has 0 atom stereocenters. The molecule has 2 aliphatic rings. The third kappa shape index (κ3) is 14.0. The summed E-state index contributed by atoms with van der Waals surface area (Å²) in [4.78, 5) is 4.57. The highest BCUT2D eigenvalue weighted by Crippen LogP contribution is 2.22. The highest BCUT2D eigenvalue weighted by atomic mass is 14.8. The molecule has 0 unspecified atom stereocenters. The zero-order valence-electron chi connectivity index (χ0n) is 20.6. The standard InChI is InChI=1S/C13H15N.C6H11N.C6H12.C3H8/c1-9-4-6-12(7-5-9)13-8-10(2)11(3)14-13;1-4-7-5-6(2)3;1-2-4-6-5-3-1;1-3-2/h4-7H,8H2,1-3H3;4,7H,1-2,5H2,3H3;1-6H2;3H2,1-2H3. The molecule has 2 heteroatoms. The molecule has 30 heavy (non-hydrogen) atoms. The molecule has 0 radical (unpaired) electrons. The summed E-state index contributed by atoms with van der Waals surface area (Å²) in [5, 5.41) is 2.91. The molecule has 1 aromatic carbocycles. The Morgan fingerprint density at radius 2 is 1.43 bits per heavy atom. The Bertz CT molecular complexity index is 647. The van der Waals surface area contributed by atoms with Crippen LogP contribution >= 0.6 is 0 Å². The van der Waals surface area contributed by atoms with E-state index in [9.17, 15) is 0 Å². The van der Waals surface area contributed by atoms with Crippen LogP contribution in [0.3, 0.4) is 0 Å². The molecule has 1 aliphatic heterocycles. The molecular formula is C28H46N2. The number of hydrogen-bond acceptors (Lipinski definition) is 2. The van der Waals surface area contributed by atoms with Crippen molar-refractivity contribution in [3.05, 3.63) is 71.6 Å². The Labute approximate surface area is 187 Å². The number of allylic oxidation sites excluding steroid dienone is 2. The Kier molecular flexibility index (Phi) is 16.5. The van der Waals surface area contributed by atoms with Crippen LogP contribution in [0.4, 0.5) is 0 Å². The lowest BCUT2D eigenvalue weighted by Crippen LogP contribution is -2.05. The van der Waals surface area contributed by atoms with Crippen LogP contribution in [0.5, 0.6) is 0 Å². The van der Waals surface area contributed by atoms with Crippen LogP contribution in [-0.2, 0) is 0 Å². The minimum atomic E-state index is 0.837. The fraction of sp³-hybridized carbons (Fsp3) is 0.536. The van der Waals surface area contributed by atoms with Crippen LogP contribution in [0.2, 0.25) is 0 Å². The van der Waals surface area contributed by atoms with Crippen molar-refractivity contribution in [1.82, 2.24) is 5.32 Å². The zero-order valence-corrected chi connectivity index (χ0v) is 20.6. The van der Waals surface area contributed by atoms with E-state index in [1.807, 2.05) is 6.92 Å². The van der Waals surface area contributed by atoms with Gasteiger partial charge < -0.3 is 5.32 Å². The first-order valence-corrected chi connectivity index (χ1v) is 11.6. The van der Waals surface area contributed by atoms with Gasteiger partial charge in [0.2, 0.25) is 0 Å².